The molecule has 1 atom stereocenters. The Morgan fingerprint density at radius 1 is 1.20 bits per heavy atom. The Labute approximate surface area is 149 Å². The Bertz CT molecular complexity index is 719. The van der Waals surface area contributed by atoms with Crippen molar-refractivity contribution >= 4 is 6.09 Å². The molecule has 0 spiro atoms. The summed E-state index contributed by atoms with van der Waals surface area (Å²) < 4.78 is 10.5. The highest BCUT2D eigenvalue weighted by atomic mass is 16.6. The molecule has 2 aromatic carbocycles. The van der Waals surface area contributed by atoms with Gasteiger partial charge in [0.1, 0.15) is 5.75 Å². The molecular weight excluding hydrogens is 314 g/mol. The molecule has 130 valence electrons. The molecule has 1 unspecified atom stereocenters. The summed E-state index contributed by atoms with van der Waals surface area (Å²) in [6, 6.07) is 17.1. The maximum Gasteiger partial charge on any atom is 0.410 e. The van der Waals surface area contributed by atoms with Gasteiger partial charge in [-0.2, -0.15) is 0 Å². The van der Waals surface area contributed by atoms with E-state index < -0.39 is 0 Å². The van der Waals surface area contributed by atoms with Crippen molar-refractivity contribution in [1.29, 1.82) is 0 Å². The standard InChI is InChI=1S/C21H23NO3/c1-4-9-20(18-12-14-19(24-3)15-13-18)22(21(23)25-5-2)16-17-10-7-6-8-11-17/h6-15,20H,1,5,16H2,2-3H3. The molecule has 4 heteroatoms. The fourth-order valence-corrected chi connectivity index (χ4v) is 2.54. The summed E-state index contributed by atoms with van der Waals surface area (Å²) in [6.07, 6.45) is 1.39. The van der Waals surface area contributed by atoms with Gasteiger partial charge in [-0.05, 0) is 36.3 Å². The largest absolute Gasteiger partial charge is 0.497 e. The van der Waals surface area contributed by atoms with Crippen LogP contribution in [0.1, 0.15) is 24.1 Å². The van der Waals surface area contributed by atoms with E-state index in [4.69, 9.17) is 9.47 Å². The lowest BCUT2D eigenvalue weighted by atomic mass is 10.0. The van der Waals surface area contributed by atoms with Gasteiger partial charge in [-0.25, -0.2) is 4.79 Å². The molecule has 0 aliphatic carbocycles. The van der Waals surface area contributed by atoms with Crippen molar-refractivity contribution in [2.24, 2.45) is 0 Å². The second kappa shape index (κ2) is 9.36. The molecule has 0 N–H and O–H groups in total. The number of carbonyl (C=O) groups is 1. The fraction of sp³-hybridized carbons (Fsp3) is 0.238. The van der Waals surface area contributed by atoms with Crippen LogP contribution in [0.3, 0.4) is 0 Å². The molecule has 4 nitrogen and oxygen atoms in total. The average Bonchev–Trinajstić information content (AvgIpc) is 2.66. The monoisotopic (exact) mass is 337 g/mol. The smallest absolute Gasteiger partial charge is 0.410 e. The van der Waals surface area contributed by atoms with E-state index in [0.29, 0.717) is 13.2 Å². The van der Waals surface area contributed by atoms with Gasteiger partial charge in [0.25, 0.3) is 0 Å². The number of hydrogen-bond donors (Lipinski definition) is 0. The molecule has 0 aliphatic rings. The number of hydrogen-bond acceptors (Lipinski definition) is 3. The fourth-order valence-electron chi connectivity index (χ4n) is 2.54. The first kappa shape index (κ1) is 18.4. The molecular formula is C21H23NO3. The zero-order valence-corrected chi connectivity index (χ0v) is 14.6. The molecule has 25 heavy (non-hydrogen) atoms. The van der Waals surface area contributed by atoms with Crippen LogP contribution in [0.2, 0.25) is 0 Å². The van der Waals surface area contributed by atoms with Crippen molar-refractivity contribution in [1.82, 2.24) is 4.90 Å². The van der Waals surface area contributed by atoms with Gasteiger partial charge in [-0.15, -0.1) is 5.73 Å². The van der Waals surface area contributed by atoms with E-state index in [0.717, 1.165) is 16.9 Å². The first-order valence-electron chi connectivity index (χ1n) is 8.16. The summed E-state index contributed by atoms with van der Waals surface area (Å²) >= 11 is 0. The number of benzene rings is 2. The topological polar surface area (TPSA) is 38.8 Å². The number of ether oxygens (including phenoxy) is 2. The molecule has 2 rings (SSSR count). The summed E-state index contributed by atoms with van der Waals surface area (Å²) in [5, 5.41) is 0. The van der Waals surface area contributed by atoms with E-state index in [9.17, 15) is 4.79 Å². The van der Waals surface area contributed by atoms with Gasteiger partial charge in [-0.1, -0.05) is 49.0 Å². The average molecular weight is 337 g/mol. The van der Waals surface area contributed by atoms with Gasteiger partial charge >= 0.3 is 6.09 Å². The molecule has 0 bridgehead atoms. The number of methoxy groups -OCH3 is 1. The predicted molar refractivity (Wildman–Crippen MR) is 98.5 cm³/mol. The molecule has 0 aromatic heterocycles. The lowest BCUT2D eigenvalue weighted by Crippen LogP contribution is -2.34. The molecule has 0 saturated carbocycles. The van der Waals surface area contributed by atoms with Crippen LogP contribution in [0.25, 0.3) is 0 Å². The van der Waals surface area contributed by atoms with Gasteiger partial charge in [0.15, 0.2) is 0 Å². The first-order chi connectivity index (χ1) is 12.2. The molecule has 2 aromatic rings. The highest BCUT2D eigenvalue weighted by Crippen LogP contribution is 2.27. The van der Waals surface area contributed by atoms with Crippen LogP contribution >= 0.6 is 0 Å². The van der Waals surface area contributed by atoms with Gasteiger partial charge in [-0.3, -0.25) is 4.90 Å². The van der Waals surface area contributed by atoms with Crippen LogP contribution in [-0.2, 0) is 11.3 Å². The highest BCUT2D eigenvalue weighted by Gasteiger charge is 2.24. The van der Waals surface area contributed by atoms with E-state index in [-0.39, 0.29) is 12.1 Å². The van der Waals surface area contributed by atoms with Crippen molar-refractivity contribution in [2.45, 2.75) is 19.5 Å². The van der Waals surface area contributed by atoms with E-state index in [1.165, 1.54) is 0 Å². The highest BCUT2D eigenvalue weighted by molar-refractivity contribution is 5.69. The van der Waals surface area contributed by atoms with E-state index in [2.05, 4.69) is 12.3 Å². The zero-order valence-electron chi connectivity index (χ0n) is 14.6. The summed E-state index contributed by atoms with van der Waals surface area (Å²) in [6.45, 7) is 6.21. The van der Waals surface area contributed by atoms with Crippen molar-refractivity contribution in [2.75, 3.05) is 13.7 Å². The third kappa shape index (κ3) is 5.00. The Morgan fingerprint density at radius 2 is 1.88 bits per heavy atom. The van der Waals surface area contributed by atoms with Gasteiger partial charge in [0.2, 0.25) is 0 Å². The van der Waals surface area contributed by atoms with Crippen LogP contribution in [0.4, 0.5) is 4.79 Å². The van der Waals surface area contributed by atoms with Crippen molar-refractivity contribution < 1.29 is 14.3 Å². The molecule has 0 fully saturated rings. The minimum absolute atomic E-state index is 0.317. The predicted octanol–water partition coefficient (Wildman–Crippen LogP) is 4.74. The van der Waals surface area contributed by atoms with Crippen LogP contribution in [0.5, 0.6) is 5.75 Å². The summed E-state index contributed by atoms with van der Waals surface area (Å²) in [5.74, 6) is 0.760. The van der Waals surface area contributed by atoms with Gasteiger partial charge in [0, 0.05) is 6.54 Å². The lowest BCUT2D eigenvalue weighted by molar-refractivity contribution is 0.0944. The molecule has 0 radical (unpaired) electrons. The lowest BCUT2D eigenvalue weighted by Gasteiger charge is -2.29. The van der Waals surface area contributed by atoms with Crippen molar-refractivity contribution in [3.05, 3.63) is 84.1 Å². The molecule has 0 heterocycles. The summed E-state index contributed by atoms with van der Waals surface area (Å²) in [5.41, 5.74) is 4.75. The molecule has 1 amide bonds. The number of nitrogens with zero attached hydrogens (tertiary/aromatic N) is 1. The third-order valence-electron chi connectivity index (χ3n) is 3.77. The first-order valence-corrected chi connectivity index (χ1v) is 8.16. The summed E-state index contributed by atoms with van der Waals surface area (Å²) in [4.78, 5) is 14.2. The minimum Gasteiger partial charge on any atom is -0.497 e. The second-order valence-electron chi connectivity index (χ2n) is 5.40. The number of carbonyl (C=O) groups excluding carboxylic acids is 1. The Kier molecular flexibility index (Phi) is 6.87. The Balaban J connectivity index is 2.37. The van der Waals surface area contributed by atoms with Crippen LogP contribution in [0, 0.1) is 0 Å². The quantitative estimate of drug-likeness (QED) is 0.685. The van der Waals surface area contributed by atoms with E-state index in [1.807, 2.05) is 54.6 Å². The molecule has 0 saturated heterocycles. The maximum atomic E-state index is 12.6. The Morgan fingerprint density at radius 3 is 2.44 bits per heavy atom. The van der Waals surface area contributed by atoms with Crippen LogP contribution in [0.15, 0.2) is 73.0 Å². The SMILES string of the molecule is C=C=CC(c1ccc(OC)cc1)N(Cc1ccccc1)C(=O)OCC. The van der Waals surface area contributed by atoms with E-state index in [1.54, 1.807) is 25.0 Å². The summed E-state index contributed by atoms with van der Waals surface area (Å²) in [7, 11) is 1.62. The number of amides is 1. The Hall–Kier alpha value is -2.97. The second-order valence-corrected chi connectivity index (χ2v) is 5.40. The zero-order chi connectivity index (χ0) is 18.1. The van der Waals surface area contributed by atoms with Crippen molar-refractivity contribution in [3.63, 3.8) is 0 Å². The number of rotatable bonds is 7. The van der Waals surface area contributed by atoms with E-state index >= 15 is 0 Å². The van der Waals surface area contributed by atoms with Gasteiger partial charge < -0.3 is 9.47 Å². The van der Waals surface area contributed by atoms with Gasteiger partial charge in [0.05, 0.1) is 19.8 Å². The maximum absolute atomic E-state index is 12.6. The minimum atomic E-state index is -0.376. The normalized spacial score (nSPS) is 11.1. The van der Waals surface area contributed by atoms with Crippen LogP contribution < -0.4 is 4.74 Å². The third-order valence-corrected chi connectivity index (χ3v) is 3.77. The van der Waals surface area contributed by atoms with Crippen molar-refractivity contribution in [3.8, 4) is 5.75 Å². The molecule has 0 aliphatic heterocycles. The van der Waals surface area contributed by atoms with Crippen LogP contribution in [-0.4, -0.2) is 24.7 Å².